The number of Topliss-reactive ketones (excluding diaryl/α,β-unsaturated/α-hetero) is 1. The maximum absolute atomic E-state index is 12.0. The van der Waals surface area contributed by atoms with Crippen molar-refractivity contribution in [2.75, 3.05) is 0 Å². The van der Waals surface area contributed by atoms with Crippen molar-refractivity contribution >= 4 is 23.6 Å². The second-order valence-corrected chi connectivity index (χ2v) is 8.16. The van der Waals surface area contributed by atoms with E-state index in [9.17, 15) is 24.3 Å². The number of hydrogen-bond donors (Lipinski definition) is 3. The van der Waals surface area contributed by atoms with Crippen LogP contribution in [0.4, 0.5) is 0 Å². The number of carbonyl (C=O) groups excluding carboxylic acids is 2. The number of carboxylic acid groups (broad SMARTS) is 2. The molecule has 3 N–H and O–H groups in total. The lowest BCUT2D eigenvalue weighted by Gasteiger charge is -2.14. The minimum absolute atomic E-state index is 0.0776. The lowest BCUT2D eigenvalue weighted by atomic mass is 10.0. The van der Waals surface area contributed by atoms with Crippen LogP contribution in [0, 0.1) is 0 Å². The molecular weight excluding hydrogens is 398 g/mol. The highest BCUT2D eigenvalue weighted by Crippen LogP contribution is 2.13. The van der Waals surface area contributed by atoms with E-state index in [-0.39, 0.29) is 37.4 Å². The van der Waals surface area contributed by atoms with Gasteiger partial charge in [-0.2, -0.15) is 0 Å². The molecule has 0 bridgehead atoms. The van der Waals surface area contributed by atoms with Crippen molar-refractivity contribution in [1.82, 2.24) is 5.32 Å². The van der Waals surface area contributed by atoms with Crippen molar-refractivity contribution in [1.29, 1.82) is 0 Å². The number of nitrogens with one attached hydrogen (secondary N) is 1. The van der Waals surface area contributed by atoms with E-state index in [4.69, 9.17) is 5.11 Å². The summed E-state index contributed by atoms with van der Waals surface area (Å²) in [6.45, 7) is 3.48. The van der Waals surface area contributed by atoms with Crippen LogP contribution in [0.1, 0.15) is 109 Å². The number of rotatable bonds is 22. The van der Waals surface area contributed by atoms with Crippen LogP contribution in [-0.4, -0.2) is 39.9 Å². The molecule has 7 heteroatoms. The molecule has 0 spiro atoms. The lowest BCUT2D eigenvalue weighted by molar-refractivity contribution is -0.142. The number of ketones is 1. The Morgan fingerprint density at radius 3 is 1.58 bits per heavy atom. The molecule has 7 nitrogen and oxygen atoms in total. The third-order valence-electron chi connectivity index (χ3n) is 5.26. The molecule has 0 heterocycles. The number of aliphatic carboxylic acids is 2. The van der Waals surface area contributed by atoms with E-state index in [2.05, 4.69) is 11.9 Å². The largest absolute Gasteiger partial charge is 0.481 e. The lowest BCUT2D eigenvalue weighted by Crippen LogP contribution is -2.41. The van der Waals surface area contributed by atoms with Crippen LogP contribution in [0.2, 0.25) is 0 Å². The fraction of sp³-hybridized carbons (Fsp3) is 0.750. The Bertz CT molecular complexity index is 546. The molecule has 0 fully saturated rings. The monoisotopic (exact) mass is 439 g/mol. The second-order valence-electron chi connectivity index (χ2n) is 8.16. The number of unbranched alkanes of at least 4 members (excludes halogenated alkanes) is 11. The van der Waals surface area contributed by atoms with Gasteiger partial charge >= 0.3 is 11.9 Å². The minimum Gasteiger partial charge on any atom is -0.481 e. The maximum atomic E-state index is 12.0. The van der Waals surface area contributed by atoms with Gasteiger partial charge in [0.25, 0.3) is 0 Å². The number of allylic oxidation sites excluding steroid dienone is 1. The molecule has 0 aliphatic heterocycles. The van der Waals surface area contributed by atoms with Gasteiger partial charge < -0.3 is 15.5 Å². The fourth-order valence-corrected chi connectivity index (χ4v) is 3.42. The van der Waals surface area contributed by atoms with Crippen LogP contribution in [0.25, 0.3) is 0 Å². The first-order chi connectivity index (χ1) is 14.9. The molecule has 0 unspecified atom stereocenters. The van der Waals surface area contributed by atoms with Gasteiger partial charge in [-0.15, -0.1) is 6.58 Å². The van der Waals surface area contributed by atoms with Crippen molar-refractivity contribution in [3.63, 3.8) is 0 Å². The quantitative estimate of drug-likeness (QED) is 0.161. The Balaban J connectivity index is 3.59. The number of carboxylic acids is 2. The summed E-state index contributed by atoms with van der Waals surface area (Å²) in [4.78, 5) is 45.1. The van der Waals surface area contributed by atoms with Gasteiger partial charge in [0.1, 0.15) is 11.8 Å². The topological polar surface area (TPSA) is 121 Å². The van der Waals surface area contributed by atoms with Crippen LogP contribution in [0.3, 0.4) is 0 Å². The molecular formula is C24H41NO6. The average molecular weight is 440 g/mol. The zero-order chi connectivity index (χ0) is 23.3. The van der Waals surface area contributed by atoms with Crippen LogP contribution in [0.15, 0.2) is 12.7 Å². The molecule has 0 saturated carbocycles. The van der Waals surface area contributed by atoms with Gasteiger partial charge in [-0.25, -0.2) is 4.79 Å². The van der Waals surface area contributed by atoms with Gasteiger partial charge in [-0.3, -0.25) is 14.4 Å². The summed E-state index contributed by atoms with van der Waals surface area (Å²) in [6.07, 6.45) is 15.3. The summed E-state index contributed by atoms with van der Waals surface area (Å²) in [5.41, 5.74) is 0. The zero-order valence-electron chi connectivity index (χ0n) is 18.9. The van der Waals surface area contributed by atoms with E-state index in [0.717, 1.165) is 44.9 Å². The van der Waals surface area contributed by atoms with Crippen LogP contribution >= 0.6 is 0 Å². The summed E-state index contributed by atoms with van der Waals surface area (Å²) < 4.78 is 0. The van der Waals surface area contributed by atoms with Gasteiger partial charge in [0.2, 0.25) is 5.91 Å². The van der Waals surface area contributed by atoms with Gasteiger partial charge in [0, 0.05) is 25.7 Å². The molecule has 1 amide bonds. The number of hydrogen-bond acceptors (Lipinski definition) is 4. The Morgan fingerprint density at radius 2 is 1.16 bits per heavy atom. The summed E-state index contributed by atoms with van der Waals surface area (Å²) >= 11 is 0. The smallest absolute Gasteiger partial charge is 0.326 e. The van der Waals surface area contributed by atoms with E-state index in [1.54, 1.807) is 0 Å². The van der Waals surface area contributed by atoms with E-state index in [1.807, 2.05) is 0 Å². The van der Waals surface area contributed by atoms with Crippen molar-refractivity contribution in [2.24, 2.45) is 0 Å². The summed E-state index contributed by atoms with van der Waals surface area (Å²) in [5.74, 6) is -2.17. The first-order valence-corrected chi connectivity index (χ1v) is 11.7. The summed E-state index contributed by atoms with van der Waals surface area (Å²) in [6, 6.07) is -1.02. The maximum Gasteiger partial charge on any atom is 0.326 e. The third-order valence-corrected chi connectivity index (χ3v) is 5.26. The second kappa shape index (κ2) is 19.8. The fourth-order valence-electron chi connectivity index (χ4n) is 3.42. The molecule has 0 aliphatic rings. The normalized spacial score (nSPS) is 11.6. The van der Waals surface area contributed by atoms with E-state index >= 15 is 0 Å². The molecule has 1 atom stereocenters. The Morgan fingerprint density at radius 1 is 0.710 bits per heavy atom. The molecule has 0 saturated heterocycles. The molecule has 0 radical (unpaired) electrons. The first-order valence-electron chi connectivity index (χ1n) is 11.7. The van der Waals surface area contributed by atoms with Gasteiger partial charge in [-0.05, 0) is 19.3 Å². The number of carbonyl (C=O) groups is 4. The Labute approximate surface area is 186 Å². The van der Waals surface area contributed by atoms with Gasteiger partial charge in [0.05, 0.1) is 0 Å². The minimum atomic E-state index is -1.11. The summed E-state index contributed by atoms with van der Waals surface area (Å²) in [5, 5.41) is 20.3. The van der Waals surface area contributed by atoms with E-state index < -0.39 is 18.0 Å². The van der Waals surface area contributed by atoms with Crippen molar-refractivity contribution < 1.29 is 29.4 Å². The SMILES string of the molecule is C=CCC(=O)CC[C@H](NC(=O)CCCCCCCCCCCCCCC(=O)O)C(=O)O. The predicted molar refractivity (Wildman–Crippen MR) is 121 cm³/mol. The zero-order valence-corrected chi connectivity index (χ0v) is 18.9. The van der Waals surface area contributed by atoms with Crippen LogP contribution < -0.4 is 5.32 Å². The van der Waals surface area contributed by atoms with E-state index in [1.165, 1.54) is 38.2 Å². The van der Waals surface area contributed by atoms with Crippen LogP contribution in [0.5, 0.6) is 0 Å². The molecule has 0 rings (SSSR count). The molecule has 0 aromatic rings. The summed E-state index contributed by atoms with van der Waals surface area (Å²) in [7, 11) is 0. The Hall–Kier alpha value is -2.18. The number of amides is 1. The Kier molecular flexibility index (Phi) is 18.4. The van der Waals surface area contributed by atoms with Crippen LogP contribution in [-0.2, 0) is 19.2 Å². The van der Waals surface area contributed by atoms with Crippen molar-refractivity contribution in [3.8, 4) is 0 Å². The standard InChI is InChI=1S/C24H41NO6/c1-2-15-20(26)18-19-21(24(30)31)25-22(27)16-13-11-9-7-5-3-4-6-8-10-12-14-17-23(28)29/h2,21H,1,3-19H2,(H,25,27)(H,28,29)(H,30,31)/t21-/m0/s1. The molecule has 31 heavy (non-hydrogen) atoms. The van der Waals surface area contributed by atoms with Crippen molar-refractivity contribution in [2.45, 2.75) is 115 Å². The van der Waals surface area contributed by atoms with Crippen molar-refractivity contribution in [3.05, 3.63) is 12.7 Å². The molecule has 0 aliphatic carbocycles. The van der Waals surface area contributed by atoms with E-state index in [0.29, 0.717) is 6.42 Å². The van der Waals surface area contributed by atoms with Gasteiger partial charge in [0.15, 0.2) is 0 Å². The van der Waals surface area contributed by atoms with Gasteiger partial charge in [-0.1, -0.05) is 70.3 Å². The predicted octanol–water partition coefficient (Wildman–Crippen LogP) is 5.03. The molecule has 0 aromatic carbocycles. The average Bonchev–Trinajstić information content (AvgIpc) is 2.71. The molecule has 178 valence electrons. The third kappa shape index (κ3) is 19.5. The first kappa shape index (κ1) is 28.8. The highest BCUT2D eigenvalue weighted by atomic mass is 16.4. The highest BCUT2D eigenvalue weighted by Gasteiger charge is 2.20. The molecule has 0 aromatic heterocycles. The highest BCUT2D eigenvalue weighted by molar-refractivity contribution is 5.85.